The van der Waals surface area contributed by atoms with E-state index in [1.54, 1.807) is 24.5 Å². The molecule has 0 aliphatic heterocycles. The van der Waals surface area contributed by atoms with Crippen LogP contribution < -0.4 is 21.7 Å². The van der Waals surface area contributed by atoms with Gasteiger partial charge in [-0.05, 0) is 43.2 Å². The molecule has 21 heavy (non-hydrogen) atoms. The summed E-state index contributed by atoms with van der Waals surface area (Å²) in [6.07, 6.45) is 3.47. The van der Waals surface area contributed by atoms with Gasteiger partial charge in [0.1, 0.15) is 5.75 Å². The van der Waals surface area contributed by atoms with Gasteiger partial charge in [0, 0.05) is 16.9 Å². The minimum Gasteiger partial charge on any atom is -0.489 e. The monoisotopic (exact) mass is 306 g/mol. The van der Waals surface area contributed by atoms with Crippen LogP contribution in [0.1, 0.15) is 31.0 Å². The Morgan fingerprint density at radius 1 is 1.24 bits per heavy atom. The lowest BCUT2D eigenvalue weighted by Crippen LogP contribution is -2.29. The van der Waals surface area contributed by atoms with E-state index in [-0.39, 0.29) is 12.1 Å². The number of ether oxygens (including phenoxy) is 1. The van der Waals surface area contributed by atoms with Crippen molar-refractivity contribution in [2.24, 2.45) is 5.84 Å². The lowest BCUT2D eigenvalue weighted by atomic mass is 9.99. The summed E-state index contributed by atoms with van der Waals surface area (Å²) in [5.74, 6) is 6.38. The number of pyridine rings is 1. The molecule has 112 valence electrons. The zero-order valence-electron chi connectivity index (χ0n) is 12.0. The lowest BCUT2D eigenvalue weighted by molar-refractivity contribution is 0.241. The Hall–Kier alpha value is -1.82. The van der Waals surface area contributed by atoms with E-state index in [1.807, 2.05) is 26.0 Å². The topological polar surface area (TPSA) is 86.2 Å². The van der Waals surface area contributed by atoms with Crippen LogP contribution in [0.3, 0.4) is 0 Å². The quantitative estimate of drug-likeness (QED) is 0.449. The molecule has 2 aromatic rings. The van der Waals surface area contributed by atoms with Gasteiger partial charge in [0.15, 0.2) is 0 Å². The summed E-state index contributed by atoms with van der Waals surface area (Å²) in [6.45, 7) is 3.92. The third-order valence-electron chi connectivity index (χ3n) is 2.97. The molecule has 0 spiro atoms. The van der Waals surface area contributed by atoms with Gasteiger partial charge in [-0.3, -0.25) is 10.8 Å². The molecule has 6 heteroatoms. The van der Waals surface area contributed by atoms with Gasteiger partial charge in [-0.2, -0.15) is 0 Å². The normalized spacial score (nSPS) is 12.4. The van der Waals surface area contributed by atoms with Crippen LogP contribution in [0, 0.1) is 0 Å². The number of nitrogens with one attached hydrogen (secondary N) is 1. The van der Waals surface area contributed by atoms with Crippen LogP contribution in [0.5, 0.6) is 5.75 Å². The largest absolute Gasteiger partial charge is 0.489 e. The first-order valence-electron chi connectivity index (χ1n) is 6.64. The number of halogens is 1. The highest BCUT2D eigenvalue weighted by Crippen LogP contribution is 2.29. The Morgan fingerprint density at radius 3 is 2.62 bits per heavy atom. The molecule has 5 nitrogen and oxygen atoms in total. The molecule has 0 aliphatic rings. The summed E-state index contributed by atoms with van der Waals surface area (Å²) in [7, 11) is 0. The lowest BCUT2D eigenvalue weighted by Gasteiger charge is -2.19. The molecule has 1 atom stereocenters. The van der Waals surface area contributed by atoms with E-state index in [4.69, 9.17) is 27.9 Å². The van der Waals surface area contributed by atoms with Gasteiger partial charge in [-0.15, -0.1) is 0 Å². The molecule has 1 aromatic carbocycles. The fourth-order valence-corrected chi connectivity index (χ4v) is 2.28. The maximum atomic E-state index is 6.02. The number of hydrogen-bond donors (Lipinski definition) is 3. The number of nitrogen functional groups attached to an aromatic ring is 1. The van der Waals surface area contributed by atoms with E-state index in [1.165, 1.54) is 0 Å². The van der Waals surface area contributed by atoms with Crippen molar-refractivity contribution < 1.29 is 4.74 Å². The second-order valence-electron chi connectivity index (χ2n) is 4.99. The Labute approximate surface area is 129 Å². The van der Waals surface area contributed by atoms with Crippen LogP contribution in [-0.4, -0.2) is 11.1 Å². The molecule has 0 amide bonds. The molecule has 5 N–H and O–H groups in total. The van der Waals surface area contributed by atoms with Crippen molar-refractivity contribution in [1.29, 1.82) is 0 Å². The van der Waals surface area contributed by atoms with Crippen molar-refractivity contribution in [3.63, 3.8) is 0 Å². The predicted octanol–water partition coefficient (Wildman–Crippen LogP) is 2.66. The summed E-state index contributed by atoms with van der Waals surface area (Å²) >= 11 is 5.93. The van der Waals surface area contributed by atoms with Gasteiger partial charge >= 0.3 is 0 Å². The third kappa shape index (κ3) is 3.85. The molecule has 1 aromatic heterocycles. The Kier molecular flexibility index (Phi) is 5.01. The molecule has 2 rings (SSSR count). The van der Waals surface area contributed by atoms with Gasteiger partial charge in [-0.1, -0.05) is 17.7 Å². The van der Waals surface area contributed by atoms with Crippen molar-refractivity contribution in [2.45, 2.75) is 26.0 Å². The smallest absolute Gasteiger partial charge is 0.138 e. The highest BCUT2D eigenvalue weighted by Gasteiger charge is 2.16. The minimum atomic E-state index is -0.287. The Bertz CT molecular complexity index is 618. The van der Waals surface area contributed by atoms with Gasteiger partial charge in [-0.25, -0.2) is 5.43 Å². The van der Waals surface area contributed by atoms with E-state index in [9.17, 15) is 0 Å². The average molecular weight is 307 g/mol. The molecule has 0 radical (unpaired) electrons. The van der Waals surface area contributed by atoms with Gasteiger partial charge in [0.05, 0.1) is 18.3 Å². The third-order valence-corrected chi connectivity index (χ3v) is 3.20. The highest BCUT2D eigenvalue weighted by atomic mass is 35.5. The standard InChI is InChI=1S/C15H19ClN4O/c1-9(2)21-12-5-10(7-19-8-12)15(20-18)13-4-3-11(16)6-14(13)17/h3-9,15,20H,17-18H2,1-2H3. The van der Waals surface area contributed by atoms with E-state index in [0.717, 1.165) is 11.1 Å². The second kappa shape index (κ2) is 6.76. The number of rotatable bonds is 5. The van der Waals surface area contributed by atoms with Crippen LogP contribution in [-0.2, 0) is 0 Å². The van der Waals surface area contributed by atoms with E-state index >= 15 is 0 Å². The fourth-order valence-electron chi connectivity index (χ4n) is 2.10. The number of nitrogens with two attached hydrogens (primary N) is 2. The van der Waals surface area contributed by atoms with Crippen molar-refractivity contribution >= 4 is 17.3 Å². The van der Waals surface area contributed by atoms with Gasteiger partial charge < -0.3 is 10.5 Å². The molecule has 0 bridgehead atoms. The number of anilines is 1. The van der Waals surface area contributed by atoms with E-state index in [0.29, 0.717) is 16.5 Å². The molecule has 1 heterocycles. The van der Waals surface area contributed by atoms with Crippen LogP contribution in [0.4, 0.5) is 5.69 Å². The molecular formula is C15H19ClN4O. The first kappa shape index (κ1) is 15.6. The summed E-state index contributed by atoms with van der Waals surface area (Å²) in [5.41, 5.74) is 11.1. The number of nitrogens with zero attached hydrogens (tertiary/aromatic N) is 1. The second-order valence-corrected chi connectivity index (χ2v) is 5.43. The summed E-state index contributed by atoms with van der Waals surface area (Å²) in [4.78, 5) is 4.19. The van der Waals surface area contributed by atoms with E-state index < -0.39 is 0 Å². The van der Waals surface area contributed by atoms with Crippen LogP contribution >= 0.6 is 11.6 Å². The number of benzene rings is 1. The van der Waals surface area contributed by atoms with Crippen LogP contribution in [0.2, 0.25) is 5.02 Å². The molecule has 0 aliphatic carbocycles. The zero-order chi connectivity index (χ0) is 15.4. The molecule has 0 fully saturated rings. The SMILES string of the molecule is CC(C)Oc1cncc(C(NN)c2ccc(Cl)cc2N)c1. The molecular weight excluding hydrogens is 288 g/mol. The fraction of sp³-hybridized carbons (Fsp3) is 0.267. The predicted molar refractivity (Wildman–Crippen MR) is 85.0 cm³/mol. The zero-order valence-corrected chi connectivity index (χ0v) is 12.8. The van der Waals surface area contributed by atoms with Crippen molar-refractivity contribution in [1.82, 2.24) is 10.4 Å². The number of hydrazine groups is 1. The summed E-state index contributed by atoms with van der Waals surface area (Å²) in [6, 6.07) is 6.93. The first-order valence-corrected chi connectivity index (χ1v) is 7.01. The average Bonchev–Trinajstić information content (AvgIpc) is 2.41. The summed E-state index contributed by atoms with van der Waals surface area (Å²) in [5, 5.41) is 0.585. The highest BCUT2D eigenvalue weighted by molar-refractivity contribution is 6.30. The molecule has 0 saturated carbocycles. The summed E-state index contributed by atoms with van der Waals surface area (Å²) < 4.78 is 5.65. The van der Waals surface area contributed by atoms with E-state index in [2.05, 4.69) is 10.4 Å². The van der Waals surface area contributed by atoms with Crippen molar-refractivity contribution in [3.8, 4) is 5.75 Å². The van der Waals surface area contributed by atoms with Crippen LogP contribution in [0.25, 0.3) is 0 Å². The van der Waals surface area contributed by atoms with Crippen molar-refractivity contribution in [3.05, 3.63) is 52.8 Å². The number of aromatic nitrogens is 1. The van der Waals surface area contributed by atoms with Gasteiger partial charge in [0.25, 0.3) is 0 Å². The molecule has 0 saturated heterocycles. The number of hydrogen-bond acceptors (Lipinski definition) is 5. The van der Waals surface area contributed by atoms with Crippen LogP contribution in [0.15, 0.2) is 36.7 Å². The Balaban J connectivity index is 2.37. The van der Waals surface area contributed by atoms with Gasteiger partial charge in [0.2, 0.25) is 0 Å². The Morgan fingerprint density at radius 2 is 2.00 bits per heavy atom. The van der Waals surface area contributed by atoms with Crippen molar-refractivity contribution in [2.75, 3.05) is 5.73 Å². The minimum absolute atomic E-state index is 0.0759. The first-order chi connectivity index (χ1) is 10.0. The maximum absolute atomic E-state index is 6.02. The molecule has 1 unspecified atom stereocenters. The maximum Gasteiger partial charge on any atom is 0.138 e.